The topological polar surface area (TPSA) is 101 Å². The third-order valence-corrected chi connectivity index (χ3v) is 6.17. The number of hydrogen-bond donors (Lipinski definition) is 2. The molecular formula is C23H29FN4O3S. The molecule has 2 aromatic carbocycles. The van der Waals surface area contributed by atoms with E-state index in [4.69, 9.17) is 5.14 Å². The number of benzene rings is 2. The van der Waals surface area contributed by atoms with Crippen molar-refractivity contribution in [1.29, 1.82) is 0 Å². The van der Waals surface area contributed by atoms with E-state index in [0.717, 1.165) is 28.6 Å². The van der Waals surface area contributed by atoms with E-state index in [1.807, 2.05) is 45.0 Å². The lowest BCUT2D eigenvalue weighted by Crippen LogP contribution is -2.33. The van der Waals surface area contributed by atoms with Crippen molar-refractivity contribution >= 4 is 10.0 Å². The summed E-state index contributed by atoms with van der Waals surface area (Å²) >= 11 is 0. The molecule has 0 unspecified atom stereocenters. The molecule has 0 amide bonds. The molecule has 1 heterocycles. The first-order valence-electron chi connectivity index (χ1n) is 10.4. The van der Waals surface area contributed by atoms with Crippen LogP contribution in [0.1, 0.15) is 36.4 Å². The molecule has 0 radical (unpaired) electrons. The number of primary sulfonamides is 1. The Morgan fingerprint density at radius 2 is 1.94 bits per heavy atom. The van der Waals surface area contributed by atoms with E-state index in [1.54, 1.807) is 0 Å². The second kappa shape index (κ2) is 9.91. The molecule has 0 saturated heterocycles. The van der Waals surface area contributed by atoms with Crippen LogP contribution in [0.15, 0.2) is 53.4 Å². The van der Waals surface area contributed by atoms with Gasteiger partial charge in [0, 0.05) is 31.2 Å². The Kier molecular flexibility index (Phi) is 7.45. The number of nitrogens with two attached hydrogens (primary N) is 1. The number of aryl methyl sites for hydroxylation is 1. The van der Waals surface area contributed by atoms with Crippen molar-refractivity contribution in [3.05, 3.63) is 76.9 Å². The molecule has 3 rings (SSSR count). The van der Waals surface area contributed by atoms with Crippen molar-refractivity contribution in [3.63, 3.8) is 0 Å². The molecule has 1 aromatic heterocycles. The Morgan fingerprint density at radius 3 is 2.53 bits per heavy atom. The smallest absolute Gasteiger partial charge is 0.238 e. The Labute approximate surface area is 188 Å². The molecule has 7 nitrogen and oxygen atoms in total. The van der Waals surface area contributed by atoms with Gasteiger partial charge in [0.2, 0.25) is 10.0 Å². The van der Waals surface area contributed by atoms with E-state index < -0.39 is 15.8 Å². The van der Waals surface area contributed by atoms with Crippen LogP contribution in [0.2, 0.25) is 0 Å². The fourth-order valence-corrected chi connectivity index (χ4v) is 4.14. The highest BCUT2D eigenvalue weighted by Crippen LogP contribution is 2.22. The summed E-state index contributed by atoms with van der Waals surface area (Å²) in [5.74, 6) is -0.729. The molecule has 0 fully saturated rings. The quantitative estimate of drug-likeness (QED) is 0.511. The highest BCUT2D eigenvalue weighted by Gasteiger charge is 2.19. The van der Waals surface area contributed by atoms with Crippen molar-refractivity contribution in [3.8, 4) is 5.69 Å². The summed E-state index contributed by atoms with van der Waals surface area (Å²) < 4.78 is 39.6. The summed E-state index contributed by atoms with van der Waals surface area (Å²) in [6.45, 7) is 7.09. The number of halogens is 1. The van der Waals surface area contributed by atoms with Crippen LogP contribution in [0.3, 0.4) is 0 Å². The predicted molar refractivity (Wildman–Crippen MR) is 122 cm³/mol. The molecule has 0 aliphatic rings. The summed E-state index contributed by atoms with van der Waals surface area (Å²) in [5, 5.41) is 19.1. The average molecular weight is 461 g/mol. The minimum Gasteiger partial charge on any atom is -0.395 e. The van der Waals surface area contributed by atoms with Gasteiger partial charge in [-0.3, -0.25) is 4.90 Å². The van der Waals surface area contributed by atoms with E-state index in [0.29, 0.717) is 19.5 Å². The van der Waals surface area contributed by atoms with E-state index >= 15 is 0 Å². The SMILES string of the molecule is Cc1cccc(Cc2cc(CN(CCO)C(C)C)nn2-c2ccc(S(N)(=O)=O)cc2F)c1. The standard InChI is InChI=1S/C23H29FN4O3S/c1-16(2)27(9-10-29)15-19-13-20(12-18-6-4-5-17(3)11-18)28(26-19)23-8-7-21(14-22(23)24)32(25,30)31/h4-8,11,13-14,16,29H,9-10,12,15H2,1-3H3,(H2,25,30,31). The number of aliphatic hydroxyl groups excluding tert-OH is 1. The first-order valence-corrected chi connectivity index (χ1v) is 11.9. The summed E-state index contributed by atoms with van der Waals surface area (Å²) in [7, 11) is -4.01. The average Bonchev–Trinajstić information content (AvgIpc) is 3.08. The predicted octanol–water partition coefficient (Wildman–Crippen LogP) is 2.76. The fourth-order valence-electron chi connectivity index (χ4n) is 3.61. The Morgan fingerprint density at radius 1 is 1.19 bits per heavy atom. The van der Waals surface area contributed by atoms with Crippen molar-refractivity contribution in [1.82, 2.24) is 14.7 Å². The molecule has 0 spiro atoms. The highest BCUT2D eigenvalue weighted by atomic mass is 32.2. The lowest BCUT2D eigenvalue weighted by atomic mass is 10.1. The molecule has 32 heavy (non-hydrogen) atoms. The van der Waals surface area contributed by atoms with Gasteiger partial charge in [-0.05, 0) is 50.6 Å². The maximum Gasteiger partial charge on any atom is 0.238 e. The zero-order valence-electron chi connectivity index (χ0n) is 18.5. The van der Waals surface area contributed by atoms with Crippen molar-refractivity contribution in [2.24, 2.45) is 5.14 Å². The Balaban J connectivity index is 2.05. The van der Waals surface area contributed by atoms with Crippen LogP contribution in [-0.4, -0.2) is 47.4 Å². The molecule has 0 atom stereocenters. The van der Waals surface area contributed by atoms with E-state index in [9.17, 15) is 17.9 Å². The van der Waals surface area contributed by atoms with Crippen molar-refractivity contribution in [2.45, 2.75) is 44.7 Å². The summed E-state index contributed by atoms with van der Waals surface area (Å²) in [4.78, 5) is 1.78. The molecule has 9 heteroatoms. The van der Waals surface area contributed by atoms with Gasteiger partial charge in [-0.2, -0.15) is 5.10 Å². The summed E-state index contributed by atoms with van der Waals surface area (Å²) in [6.07, 6.45) is 0.521. The second-order valence-electron chi connectivity index (χ2n) is 8.15. The van der Waals surface area contributed by atoms with Crippen LogP contribution in [0, 0.1) is 12.7 Å². The van der Waals surface area contributed by atoms with Gasteiger partial charge in [0.25, 0.3) is 0 Å². The monoisotopic (exact) mass is 460 g/mol. The summed E-state index contributed by atoms with van der Waals surface area (Å²) in [6, 6.07) is 13.7. The minimum absolute atomic E-state index is 0.0265. The molecule has 3 N–H and O–H groups in total. The van der Waals surface area contributed by atoms with Gasteiger partial charge in [-0.1, -0.05) is 29.8 Å². The van der Waals surface area contributed by atoms with Crippen molar-refractivity contribution in [2.75, 3.05) is 13.2 Å². The van der Waals surface area contributed by atoms with Crippen LogP contribution >= 0.6 is 0 Å². The number of rotatable bonds is 9. The second-order valence-corrected chi connectivity index (χ2v) is 9.71. The highest BCUT2D eigenvalue weighted by molar-refractivity contribution is 7.89. The van der Waals surface area contributed by atoms with Gasteiger partial charge >= 0.3 is 0 Å². The van der Waals surface area contributed by atoms with E-state index in [1.165, 1.54) is 16.8 Å². The van der Waals surface area contributed by atoms with E-state index in [2.05, 4.69) is 16.1 Å². The molecule has 0 aliphatic heterocycles. The van der Waals surface area contributed by atoms with Crippen LogP contribution in [0.4, 0.5) is 4.39 Å². The van der Waals surface area contributed by atoms with Gasteiger partial charge < -0.3 is 5.11 Å². The fraction of sp³-hybridized carbons (Fsp3) is 0.348. The van der Waals surface area contributed by atoms with Crippen molar-refractivity contribution < 1.29 is 17.9 Å². The lowest BCUT2D eigenvalue weighted by Gasteiger charge is -2.24. The Hall–Kier alpha value is -2.59. The number of sulfonamides is 1. The normalized spacial score (nSPS) is 12.1. The first-order chi connectivity index (χ1) is 15.1. The van der Waals surface area contributed by atoms with Crippen LogP contribution in [-0.2, 0) is 23.0 Å². The number of hydrogen-bond acceptors (Lipinski definition) is 5. The molecule has 172 valence electrons. The van der Waals surface area contributed by atoms with Gasteiger partial charge in [0.1, 0.15) is 11.5 Å². The van der Waals surface area contributed by atoms with Gasteiger partial charge in [0.15, 0.2) is 0 Å². The number of aromatic nitrogens is 2. The van der Waals surface area contributed by atoms with Gasteiger partial charge in [-0.25, -0.2) is 22.6 Å². The Bertz CT molecular complexity index is 1190. The molecule has 0 bridgehead atoms. The third kappa shape index (κ3) is 5.80. The number of aliphatic hydroxyl groups is 1. The zero-order chi connectivity index (χ0) is 23.5. The largest absolute Gasteiger partial charge is 0.395 e. The van der Waals surface area contributed by atoms with E-state index in [-0.39, 0.29) is 23.2 Å². The lowest BCUT2D eigenvalue weighted by molar-refractivity contribution is 0.157. The molecule has 0 saturated carbocycles. The van der Waals surface area contributed by atoms with Crippen LogP contribution in [0.5, 0.6) is 0 Å². The van der Waals surface area contributed by atoms with Crippen LogP contribution < -0.4 is 5.14 Å². The van der Waals surface area contributed by atoms with Crippen LogP contribution in [0.25, 0.3) is 5.69 Å². The minimum atomic E-state index is -4.01. The van der Waals surface area contributed by atoms with Gasteiger partial charge in [-0.15, -0.1) is 0 Å². The zero-order valence-corrected chi connectivity index (χ0v) is 19.3. The molecule has 0 aliphatic carbocycles. The molecular weight excluding hydrogens is 431 g/mol. The van der Waals surface area contributed by atoms with Gasteiger partial charge in [0.05, 0.1) is 17.2 Å². The summed E-state index contributed by atoms with van der Waals surface area (Å²) in [5.41, 5.74) is 3.80. The maximum atomic E-state index is 14.9. The number of nitrogens with zero attached hydrogens (tertiary/aromatic N) is 3. The molecule has 3 aromatic rings. The maximum absolute atomic E-state index is 14.9. The first kappa shape index (κ1) is 24.1. The third-order valence-electron chi connectivity index (χ3n) is 5.26.